The topological polar surface area (TPSA) is 81.1 Å². The van der Waals surface area contributed by atoms with E-state index in [1.807, 2.05) is 0 Å². The van der Waals surface area contributed by atoms with Crippen LogP contribution in [-0.4, -0.2) is 47.3 Å². The van der Waals surface area contributed by atoms with Gasteiger partial charge in [-0.2, -0.15) is 0 Å². The van der Waals surface area contributed by atoms with Crippen molar-refractivity contribution in [3.63, 3.8) is 0 Å². The number of anilines is 1. The molecule has 0 aliphatic carbocycles. The lowest BCUT2D eigenvalue weighted by Crippen LogP contribution is -2.29. The van der Waals surface area contributed by atoms with E-state index < -0.39 is 6.67 Å². The van der Waals surface area contributed by atoms with E-state index >= 15 is 0 Å². The van der Waals surface area contributed by atoms with Crippen molar-refractivity contribution < 1.29 is 13.9 Å². The molecule has 1 aliphatic heterocycles. The third kappa shape index (κ3) is 5.14. The molecule has 1 saturated heterocycles. The van der Waals surface area contributed by atoms with Gasteiger partial charge in [-0.05, 0) is 38.1 Å². The Bertz CT molecular complexity index is 691. The van der Waals surface area contributed by atoms with Crippen LogP contribution in [0.3, 0.4) is 0 Å². The molecule has 3 rings (SSSR count). The Morgan fingerprint density at radius 2 is 2.20 bits per heavy atom. The fraction of sp³-hybridized carbons (Fsp3) is 0.438. The van der Waals surface area contributed by atoms with Crippen molar-refractivity contribution in [2.75, 3.05) is 31.7 Å². The molecule has 25 heavy (non-hydrogen) atoms. The van der Waals surface area contributed by atoms with Crippen LogP contribution in [0.4, 0.5) is 10.1 Å². The number of ether oxygens (including phenoxy) is 1. The number of hydrogen-bond donors (Lipinski definition) is 2. The maximum atomic E-state index is 12.3. The number of carbonyl (C=O) groups excluding carboxylic acids is 1. The SMILES string of the molecule is Cl.O=C(Nc1cccc(OCCF)c1)c1cn(C2CCNCC2)nn1. The van der Waals surface area contributed by atoms with Crippen molar-refractivity contribution in [1.29, 1.82) is 0 Å². The number of aromatic nitrogens is 3. The first-order chi connectivity index (χ1) is 11.8. The molecule has 0 saturated carbocycles. The summed E-state index contributed by atoms with van der Waals surface area (Å²) in [5.41, 5.74) is 0.830. The Morgan fingerprint density at radius 1 is 1.40 bits per heavy atom. The molecule has 0 radical (unpaired) electrons. The number of halogens is 2. The molecular formula is C16H21ClFN5O2. The summed E-state index contributed by atoms with van der Waals surface area (Å²) in [5, 5.41) is 14.1. The van der Waals surface area contributed by atoms with Crippen LogP contribution in [-0.2, 0) is 0 Å². The number of nitrogens with zero attached hydrogens (tertiary/aromatic N) is 3. The highest BCUT2D eigenvalue weighted by Crippen LogP contribution is 2.19. The average molecular weight is 370 g/mol. The van der Waals surface area contributed by atoms with Crippen LogP contribution in [0.5, 0.6) is 5.75 Å². The first-order valence-corrected chi connectivity index (χ1v) is 7.99. The van der Waals surface area contributed by atoms with Crippen LogP contribution < -0.4 is 15.4 Å². The van der Waals surface area contributed by atoms with E-state index in [4.69, 9.17) is 4.74 Å². The third-order valence-corrected chi connectivity index (χ3v) is 3.86. The minimum atomic E-state index is -0.559. The fourth-order valence-electron chi connectivity index (χ4n) is 2.65. The molecule has 136 valence electrons. The number of piperidine rings is 1. The standard InChI is InChI=1S/C16H20FN5O2.ClH/c17-6-9-24-14-3-1-2-12(10-14)19-16(23)15-11-22(21-20-15)13-4-7-18-8-5-13;/h1-3,10-11,13,18H,4-9H2,(H,19,23);1H. The second-order valence-electron chi connectivity index (χ2n) is 5.58. The first-order valence-electron chi connectivity index (χ1n) is 7.99. The van der Waals surface area contributed by atoms with Gasteiger partial charge in [0.1, 0.15) is 19.0 Å². The number of hydrogen-bond acceptors (Lipinski definition) is 5. The van der Waals surface area contributed by atoms with Crippen LogP contribution in [0.2, 0.25) is 0 Å². The number of alkyl halides is 1. The van der Waals surface area contributed by atoms with Crippen molar-refractivity contribution in [2.24, 2.45) is 0 Å². The molecule has 1 aliphatic rings. The molecule has 2 heterocycles. The summed E-state index contributed by atoms with van der Waals surface area (Å²) in [5.74, 6) is 0.168. The Labute approximate surface area is 151 Å². The maximum Gasteiger partial charge on any atom is 0.277 e. The zero-order chi connectivity index (χ0) is 16.8. The summed E-state index contributed by atoms with van der Waals surface area (Å²) in [4.78, 5) is 12.3. The van der Waals surface area contributed by atoms with E-state index in [9.17, 15) is 9.18 Å². The van der Waals surface area contributed by atoms with Gasteiger partial charge < -0.3 is 15.4 Å². The summed E-state index contributed by atoms with van der Waals surface area (Å²) in [7, 11) is 0. The molecule has 0 bridgehead atoms. The Balaban J connectivity index is 0.00000225. The Kier molecular flexibility index (Phi) is 7.15. The van der Waals surface area contributed by atoms with Crippen molar-refractivity contribution in [1.82, 2.24) is 20.3 Å². The van der Waals surface area contributed by atoms with Gasteiger partial charge in [0.25, 0.3) is 5.91 Å². The monoisotopic (exact) mass is 369 g/mol. The first kappa shape index (κ1) is 19.1. The molecule has 1 aromatic heterocycles. The van der Waals surface area contributed by atoms with E-state index in [1.54, 1.807) is 35.1 Å². The van der Waals surface area contributed by atoms with Crippen LogP contribution in [0.15, 0.2) is 30.5 Å². The van der Waals surface area contributed by atoms with Crippen LogP contribution >= 0.6 is 12.4 Å². The lowest BCUT2D eigenvalue weighted by molar-refractivity contribution is 0.102. The van der Waals surface area contributed by atoms with E-state index in [0.29, 0.717) is 11.4 Å². The van der Waals surface area contributed by atoms with E-state index in [-0.39, 0.29) is 36.7 Å². The summed E-state index contributed by atoms with van der Waals surface area (Å²) >= 11 is 0. The van der Waals surface area contributed by atoms with Gasteiger partial charge in [-0.1, -0.05) is 11.3 Å². The summed E-state index contributed by atoms with van der Waals surface area (Å²) in [6, 6.07) is 7.09. The normalized spacial score (nSPS) is 14.6. The second kappa shape index (κ2) is 9.33. The van der Waals surface area contributed by atoms with E-state index in [0.717, 1.165) is 25.9 Å². The van der Waals surface area contributed by atoms with Gasteiger partial charge in [0.15, 0.2) is 5.69 Å². The number of benzene rings is 1. The van der Waals surface area contributed by atoms with E-state index in [2.05, 4.69) is 20.9 Å². The van der Waals surface area contributed by atoms with Gasteiger partial charge in [-0.25, -0.2) is 9.07 Å². The summed E-state index contributed by atoms with van der Waals surface area (Å²) in [6.07, 6.45) is 3.62. The molecule has 9 heteroatoms. The zero-order valence-electron chi connectivity index (χ0n) is 13.7. The summed E-state index contributed by atoms with van der Waals surface area (Å²) in [6.45, 7) is 1.31. The molecule has 2 N–H and O–H groups in total. The molecule has 7 nitrogen and oxygen atoms in total. The quantitative estimate of drug-likeness (QED) is 0.816. The molecule has 0 spiro atoms. The van der Waals surface area contributed by atoms with Crippen molar-refractivity contribution in [3.05, 3.63) is 36.2 Å². The second-order valence-corrected chi connectivity index (χ2v) is 5.58. The molecule has 1 amide bonds. The predicted octanol–water partition coefficient (Wildman–Crippen LogP) is 2.22. The Morgan fingerprint density at radius 3 is 2.96 bits per heavy atom. The van der Waals surface area contributed by atoms with Crippen LogP contribution in [0.25, 0.3) is 0 Å². The fourth-order valence-corrected chi connectivity index (χ4v) is 2.65. The van der Waals surface area contributed by atoms with Crippen molar-refractivity contribution >= 4 is 24.0 Å². The number of nitrogens with one attached hydrogen (secondary N) is 2. The summed E-state index contributed by atoms with van der Waals surface area (Å²) < 4.78 is 19.1. The highest BCUT2D eigenvalue weighted by atomic mass is 35.5. The molecule has 2 aromatic rings. The largest absolute Gasteiger partial charge is 0.491 e. The van der Waals surface area contributed by atoms with Gasteiger partial charge >= 0.3 is 0 Å². The minimum absolute atomic E-state index is 0. The predicted molar refractivity (Wildman–Crippen MR) is 94.3 cm³/mol. The third-order valence-electron chi connectivity index (χ3n) is 3.86. The lowest BCUT2D eigenvalue weighted by Gasteiger charge is -2.22. The van der Waals surface area contributed by atoms with Gasteiger partial charge in [-0.15, -0.1) is 17.5 Å². The minimum Gasteiger partial charge on any atom is -0.491 e. The maximum absolute atomic E-state index is 12.3. The average Bonchev–Trinajstić information content (AvgIpc) is 3.11. The molecular weight excluding hydrogens is 349 g/mol. The van der Waals surface area contributed by atoms with Gasteiger partial charge in [0.05, 0.1) is 12.2 Å². The lowest BCUT2D eigenvalue weighted by atomic mass is 10.1. The Hall–Kier alpha value is -2.19. The van der Waals surface area contributed by atoms with Gasteiger partial charge in [-0.3, -0.25) is 4.79 Å². The highest BCUT2D eigenvalue weighted by Gasteiger charge is 2.18. The van der Waals surface area contributed by atoms with E-state index in [1.165, 1.54) is 0 Å². The number of rotatable bonds is 6. The number of carbonyl (C=O) groups is 1. The van der Waals surface area contributed by atoms with Crippen LogP contribution in [0, 0.1) is 0 Å². The number of amides is 1. The highest BCUT2D eigenvalue weighted by molar-refractivity contribution is 6.02. The van der Waals surface area contributed by atoms with Crippen molar-refractivity contribution in [3.8, 4) is 5.75 Å². The molecule has 1 aromatic carbocycles. The molecule has 1 fully saturated rings. The molecule has 0 unspecified atom stereocenters. The van der Waals surface area contributed by atoms with Gasteiger partial charge in [0.2, 0.25) is 0 Å². The zero-order valence-corrected chi connectivity index (χ0v) is 14.5. The van der Waals surface area contributed by atoms with Gasteiger partial charge in [0, 0.05) is 11.8 Å². The van der Waals surface area contributed by atoms with Crippen molar-refractivity contribution in [2.45, 2.75) is 18.9 Å². The van der Waals surface area contributed by atoms with Crippen LogP contribution in [0.1, 0.15) is 29.4 Å². The smallest absolute Gasteiger partial charge is 0.277 e. The molecule has 0 atom stereocenters.